The summed E-state index contributed by atoms with van der Waals surface area (Å²) in [5, 5.41) is 0. The number of carbonyl (C=O) groups excluding carboxylic acids is 1. The Balaban J connectivity index is 1.99. The van der Waals surface area contributed by atoms with Crippen molar-refractivity contribution in [3.63, 3.8) is 0 Å². The zero-order valence-electron chi connectivity index (χ0n) is 12.2. The summed E-state index contributed by atoms with van der Waals surface area (Å²) in [7, 11) is 1.73. The second-order valence-corrected chi connectivity index (χ2v) is 4.79. The van der Waals surface area contributed by atoms with Crippen molar-refractivity contribution in [3.05, 3.63) is 0 Å². The number of hydrogen-bond acceptors (Lipinski definition) is 4. The van der Waals surface area contributed by atoms with Crippen LogP contribution in [0.4, 0.5) is 0 Å². The molecule has 112 valence electrons. The van der Waals surface area contributed by atoms with E-state index in [2.05, 4.69) is 6.92 Å². The zero-order chi connectivity index (χ0) is 13.9. The van der Waals surface area contributed by atoms with Gasteiger partial charge in [0.15, 0.2) is 0 Å². The Kier molecular flexibility index (Phi) is 8.79. The van der Waals surface area contributed by atoms with Gasteiger partial charge >= 0.3 is 0 Å². The van der Waals surface area contributed by atoms with E-state index in [0.29, 0.717) is 32.3 Å². The average molecular weight is 273 g/mol. The van der Waals surface area contributed by atoms with Crippen LogP contribution in [-0.4, -0.2) is 63.5 Å². The molecular weight excluding hydrogens is 246 g/mol. The number of likely N-dealkylation sites (tertiary alicyclic amines) is 1. The molecule has 0 unspecified atom stereocenters. The first-order chi connectivity index (χ1) is 9.27. The number of hydrogen-bond donors (Lipinski definition) is 0. The molecule has 5 nitrogen and oxygen atoms in total. The number of methoxy groups -OCH3 is 1. The molecule has 1 aliphatic heterocycles. The molecule has 1 rings (SSSR count). The van der Waals surface area contributed by atoms with Crippen molar-refractivity contribution in [1.29, 1.82) is 0 Å². The first-order valence-corrected chi connectivity index (χ1v) is 7.24. The lowest BCUT2D eigenvalue weighted by Crippen LogP contribution is -2.40. The van der Waals surface area contributed by atoms with E-state index in [0.717, 1.165) is 39.0 Å². The summed E-state index contributed by atoms with van der Waals surface area (Å²) in [6.07, 6.45) is 3.68. The summed E-state index contributed by atoms with van der Waals surface area (Å²) in [5.74, 6) is 0.184. The third kappa shape index (κ3) is 6.89. The number of ether oxygens (including phenoxy) is 3. The molecule has 0 saturated carbocycles. The Bertz CT molecular complexity index is 240. The molecule has 0 bridgehead atoms. The molecule has 0 aromatic rings. The van der Waals surface area contributed by atoms with Gasteiger partial charge in [0.2, 0.25) is 5.91 Å². The van der Waals surface area contributed by atoms with E-state index in [1.807, 2.05) is 4.90 Å². The standard InChI is InChI=1S/C14H27NO4/c1-3-9-18-11-12-19-10-6-14(16)15-7-4-13(17-2)5-8-15/h13H,3-12H2,1-2H3. The lowest BCUT2D eigenvalue weighted by molar-refractivity contribution is -0.134. The van der Waals surface area contributed by atoms with Crippen molar-refractivity contribution >= 4 is 5.91 Å². The SMILES string of the molecule is CCCOCCOCCC(=O)N1CCC(OC)CC1. The van der Waals surface area contributed by atoms with Crippen LogP contribution in [0.2, 0.25) is 0 Å². The van der Waals surface area contributed by atoms with Crippen molar-refractivity contribution in [2.45, 2.75) is 38.7 Å². The highest BCUT2D eigenvalue weighted by atomic mass is 16.5. The Hall–Kier alpha value is -0.650. The smallest absolute Gasteiger partial charge is 0.224 e. The molecule has 0 aromatic carbocycles. The van der Waals surface area contributed by atoms with Crippen LogP contribution >= 0.6 is 0 Å². The van der Waals surface area contributed by atoms with E-state index in [1.165, 1.54) is 0 Å². The van der Waals surface area contributed by atoms with Gasteiger partial charge < -0.3 is 19.1 Å². The first-order valence-electron chi connectivity index (χ1n) is 7.24. The van der Waals surface area contributed by atoms with E-state index in [9.17, 15) is 4.79 Å². The minimum atomic E-state index is 0.184. The fourth-order valence-electron chi connectivity index (χ4n) is 2.12. The Labute approximate surface area is 116 Å². The average Bonchev–Trinajstić information content (AvgIpc) is 2.46. The highest BCUT2D eigenvalue weighted by molar-refractivity contribution is 5.76. The van der Waals surface area contributed by atoms with Gasteiger partial charge in [-0.1, -0.05) is 6.92 Å². The molecule has 1 aliphatic rings. The van der Waals surface area contributed by atoms with Gasteiger partial charge in [-0.15, -0.1) is 0 Å². The molecule has 5 heteroatoms. The van der Waals surface area contributed by atoms with Crippen LogP contribution in [-0.2, 0) is 19.0 Å². The largest absolute Gasteiger partial charge is 0.381 e. The molecule has 1 amide bonds. The van der Waals surface area contributed by atoms with Crippen LogP contribution in [0.3, 0.4) is 0 Å². The number of nitrogens with zero attached hydrogens (tertiary/aromatic N) is 1. The summed E-state index contributed by atoms with van der Waals surface area (Å²) < 4.78 is 16.0. The summed E-state index contributed by atoms with van der Waals surface area (Å²) in [6.45, 7) is 6.12. The third-order valence-corrected chi connectivity index (χ3v) is 3.31. The molecular formula is C14H27NO4. The molecule has 0 radical (unpaired) electrons. The van der Waals surface area contributed by atoms with Gasteiger partial charge in [-0.25, -0.2) is 0 Å². The van der Waals surface area contributed by atoms with Gasteiger partial charge in [0, 0.05) is 26.8 Å². The minimum Gasteiger partial charge on any atom is -0.381 e. The van der Waals surface area contributed by atoms with Crippen LogP contribution in [0.15, 0.2) is 0 Å². The van der Waals surface area contributed by atoms with Gasteiger partial charge in [0.25, 0.3) is 0 Å². The van der Waals surface area contributed by atoms with Crippen LogP contribution < -0.4 is 0 Å². The quantitative estimate of drug-likeness (QED) is 0.597. The van der Waals surface area contributed by atoms with Crippen LogP contribution in [0.25, 0.3) is 0 Å². The van der Waals surface area contributed by atoms with Gasteiger partial charge in [-0.3, -0.25) is 4.79 Å². The maximum atomic E-state index is 11.9. The number of carbonyl (C=O) groups is 1. The highest BCUT2D eigenvalue weighted by Gasteiger charge is 2.21. The molecule has 0 aliphatic carbocycles. The zero-order valence-corrected chi connectivity index (χ0v) is 12.2. The van der Waals surface area contributed by atoms with Gasteiger partial charge in [-0.05, 0) is 19.3 Å². The summed E-state index contributed by atoms with van der Waals surface area (Å²) >= 11 is 0. The highest BCUT2D eigenvalue weighted by Crippen LogP contribution is 2.13. The van der Waals surface area contributed by atoms with Crippen LogP contribution in [0.1, 0.15) is 32.6 Å². The molecule has 0 aromatic heterocycles. The normalized spacial score (nSPS) is 16.8. The number of piperidine rings is 1. The van der Waals surface area contributed by atoms with E-state index in [1.54, 1.807) is 7.11 Å². The maximum absolute atomic E-state index is 11.9. The first kappa shape index (κ1) is 16.4. The fourth-order valence-corrected chi connectivity index (χ4v) is 2.12. The van der Waals surface area contributed by atoms with Gasteiger partial charge in [0.1, 0.15) is 0 Å². The van der Waals surface area contributed by atoms with Crippen molar-refractivity contribution in [2.75, 3.05) is 46.6 Å². The number of rotatable bonds is 9. The van der Waals surface area contributed by atoms with E-state index >= 15 is 0 Å². The van der Waals surface area contributed by atoms with Crippen LogP contribution in [0, 0.1) is 0 Å². The topological polar surface area (TPSA) is 48.0 Å². The van der Waals surface area contributed by atoms with E-state index in [4.69, 9.17) is 14.2 Å². The molecule has 0 N–H and O–H groups in total. The Morgan fingerprint density at radius 3 is 2.32 bits per heavy atom. The van der Waals surface area contributed by atoms with Crippen molar-refractivity contribution < 1.29 is 19.0 Å². The van der Waals surface area contributed by atoms with Crippen molar-refractivity contribution in [3.8, 4) is 0 Å². The summed E-state index contributed by atoms with van der Waals surface area (Å²) in [4.78, 5) is 13.8. The molecule has 1 fully saturated rings. The molecule has 0 atom stereocenters. The second-order valence-electron chi connectivity index (χ2n) is 4.79. The summed E-state index contributed by atoms with van der Waals surface area (Å²) in [5.41, 5.74) is 0. The predicted molar refractivity (Wildman–Crippen MR) is 73.2 cm³/mol. The molecule has 1 saturated heterocycles. The van der Waals surface area contributed by atoms with Crippen molar-refractivity contribution in [2.24, 2.45) is 0 Å². The van der Waals surface area contributed by atoms with Crippen molar-refractivity contribution in [1.82, 2.24) is 4.90 Å². The van der Waals surface area contributed by atoms with E-state index < -0.39 is 0 Å². The molecule has 19 heavy (non-hydrogen) atoms. The fraction of sp³-hybridized carbons (Fsp3) is 0.929. The summed E-state index contributed by atoms with van der Waals surface area (Å²) in [6, 6.07) is 0. The van der Waals surface area contributed by atoms with E-state index in [-0.39, 0.29) is 5.91 Å². The minimum absolute atomic E-state index is 0.184. The third-order valence-electron chi connectivity index (χ3n) is 3.31. The van der Waals surface area contributed by atoms with Crippen LogP contribution in [0.5, 0.6) is 0 Å². The Morgan fingerprint density at radius 1 is 1.11 bits per heavy atom. The number of amides is 1. The molecule has 1 heterocycles. The second kappa shape index (κ2) is 10.2. The lowest BCUT2D eigenvalue weighted by Gasteiger charge is -2.31. The monoisotopic (exact) mass is 273 g/mol. The Morgan fingerprint density at radius 2 is 1.74 bits per heavy atom. The lowest BCUT2D eigenvalue weighted by atomic mass is 10.1. The van der Waals surface area contributed by atoms with Gasteiger partial charge in [-0.2, -0.15) is 0 Å². The van der Waals surface area contributed by atoms with Gasteiger partial charge in [0.05, 0.1) is 32.3 Å². The predicted octanol–water partition coefficient (Wildman–Crippen LogP) is 1.46. The molecule has 0 spiro atoms. The maximum Gasteiger partial charge on any atom is 0.224 e.